The van der Waals surface area contributed by atoms with Gasteiger partial charge in [0.2, 0.25) is 0 Å². The molecule has 0 aliphatic carbocycles. The van der Waals surface area contributed by atoms with Crippen LogP contribution in [0.1, 0.15) is 38.9 Å². The van der Waals surface area contributed by atoms with Crippen molar-refractivity contribution in [2.75, 3.05) is 6.54 Å². The molecule has 0 heterocycles. The van der Waals surface area contributed by atoms with Crippen molar-refractivity contribution in [2.45, 2.75) is 45.0 Å². The zero-order valence-electron chi connectivity index (χ0n) is 12.8. The summed E-state index contributed by atoms with van der Waals surface area (Å²) in [5.41, 5.74) is -0.705. The lowest BCUT2D eigenvalue weighted by molar-refractivity contribution is 0.0104. The monoisotopic (exact) mass is 333 g/mol. The van der Waals surface area contributed by atoms with E-state index in [1.807, 2.05) is 0 Å². The second kappa shape index (κ2) is 7.76. The number of rotatable bonds is 5. The van der Waals surface area contributed by atoms with Crippen LogP contribution in [-0.2, 0) is 4.74 Å². The van der Waals surface area contributed by atoms with Gasteiger partial charge in [0.15, 0.2) is 0 Å². The summed E-state index contributed by atoms with van der Waals surface area (Å²) in [4.78, 5) is 11.4. The largest absolute Gasteiger partial charge is 0.444 e. The fourth-order valence-corrected chi connectivity index (χ4v) is 1.92. The van der Waals surface area contributed by atoms with Crippen LogP contribution in [0.25, 0.3) is 0 Å². The fourth-order valence-electron chi connectivity index (χ4n) is 1.74. The van der Waals surface area contributed by atoms with Crippen LogP contribution >= 0.6 is 11.6 Å². The van der Waals surface area contributed by atoms with Crippen LogP contribution in [-0.4, -0.2) is 34.6 Å². The number of amides is 1. The van der Waals surface area contributed by atoms with Crippen LogP contribution in [0.4, 0.5) is 9.18 Å². The van der Waals surface area contributed by atoms with E-state index in [1.165, 1.54) is 12.1 Å². The molecule has 2 unspecified atom stereocenters. The summed E-state index contributed by atoms with van der Waals surface area (Å²) in [5.74, 6) is -0.656. The van der Waals surface area contributed by atoms with Crippen LogP contribution in [0.5, 0.6) is 0 Å². The molecule has 1 aromatic carbocycles. The molecule has 1 amide bonds. The van der Waals surface area contributed by atoms with Crippen molar-refractivity contribution in [3.63, 3.8) is 0 Å². The zero-order valence-corrected chi connectivity index (χ0v) is 13.5. The van der Waals surface area contributed by atoms with Gasteiger partial charge < -0.3 is 20.3 Å². The fraction of sp³-hybridized carbons (Fsp3) is 0.533. The first kappa shape index (κ1) is 18.7. The van der Waals surface area contributed by atoms with Gasteiger partial charge in [0.1, 0.15) is 17.5 Å². The third kappa shape index (κ3) is 6.17. The molecule has 0 aliphatic rings. The highest BCUT2D eigenvalue weighted by atomic mass is 35.5. The van der Waals surface area contributed by atoms with Gasteiger partial charge in [0, 0.05) is 17.1 Å². The van der Waals surface area contributed by atoms with Gasteiger partial charge in [-0.2, -0.15) is 0 Å². The highest BCUT2D eigenvalue weighted by molar-refractivity contribution is 6.30. The van der Waals surface area contributed by atoms with E-state index in [9.17, 15) is 19.4 Å². The van der Waals surface area contributed by atoms with E-state index in [0.29, 0.717) is 0 Å². The SMILES string of the molecule is CC(C)(C)OC(=O)NCCC(O)C(O)c1cc(Cl)ccc1F. The van der Waals surface area contributed by atoms with Gasteiger partial charge in [-0.1, -0.05) is 11.6 Å². The van der Waals surface area contributed by atoms with Crippen molar-refractivity contribution in [1.29, 1.82) is 0 Å². The Bertz CT molecular complexity index is 519. The Labute approximate surface area is 134 Å². The molecule has 0 aromatic heterocycles. The first-order valence-corrected chi connectivity index (χ1v) is 7.26. The van der Waals surface area contributed by atoms with Gasteiger partial charge in [-0.15, -0.1) is 0 Å². The summed E-state index contributed by atoms with van der Waals surface area (Å²) < 4.78 is 18.6. The number of hydrogen-bond donors (Lipinski definition) is 3. The number of halogens is 2. The molecular formula is C15H21ClFNO4. The first-order chi connectivity index (χ1) is 10.1. The first-order valence-electron chi connectivity index (χ1n) is 6.88. The van der Waals surface area contributed by atoms with Crippen molar-refractivity contribution in [3.05, 3.63) is 34.6 Å². The number of alkyl carbamates (subject to hydrolysis) is 1. The average Bonchev–Trinajstić information content (AvgIpc) is 2.38. The summed E-state index contributed by atoms with van der Waals surface area (Å²) >= 11 is 5.74. The van der Waals surface area contributed by atoms with Crippen molar-refractivity contribution in [3.8, 4) is 0 Å². The molecule has 22 heavy (non-hydrogen) atoms. The van der Waals surface area contributed by atoms with Gasteiger partial charge in [0.25, 0.3) is 0 Å². The Kier molecular flexibility index (Phi) is 6.59. The van der Waals surface area contributed by atoms with Crippen LogP contribution in [0.15, 0.2) is 18.2 Å². The van der Waals surface area contributed by atoms with E-state index in [2.05, 4.69) is 5.32 Å². The molecule has 0 spiro atoms. The molecule has 0 radical (unpaired) electrons. The summed E-state index contributed by atoms with van der Waals surface area (Å²) in [5, 5.41) is 22.5. The van der Waals surface area contributed by atoms with E-state index in [1.54, 1.807) is 20.8 Å². The Hall–Kier alpha value is -1.37. The molecule has 0 saturated heterocycles. The predicted octanol–water partition coefficient (Wildman–Crippen LogP) is 2.79. The summed E-state index contributed by atoms with van der Waals surface area (Å²) in [6, 6.07) is 3.72. The lowest BCUT2D eigenvalue weighted by atomic mass is 10.0. The third-order valence-corrected chi connectivity index (χ3v) is 2.98. The van der Waals surface area contributed by atoms with Crippen LogP contribution in [0, 0.1) is 5.82 Å². The summed E-state index contributed by atoms with van der Waals surface area (Å²) in [7, 11) is 0. The van der Waals surface area contributed by atoms with E-state index in [-0.39, 0.29) is 23.6 Å². The number of carbonyl (C=O) groups excluding carboxylic acids is 1. The van der Waals surface area contributed by atoms with Gasteiger partial charge in [-0.05, 0) is 45.4 Å². The van der Waals surface area contributed by atoms with Crippen molar-refractivity contribution >= 4 is 17.7 Å². The molecule has 5 nitrogen and oxygen atoms in total. The predicted molar refractivity (Wildman–Crippen MR) is 81.2 cm³/mol. The molecule has 0 fully saturated rings. The maximum atomic E-state index is 13.6. The normalized spacial score (nSPS) is 14.3. The molecule has 0 bridgehead atoms. The number of hydrogen-bond acceptors (Lipinski definition) is 4. The molecular weight excluding hydrogens is 313 g/mol. The van der Waals surface area contributed by atoms with Gasteiger partial charge in [-0.25, -0.2) is 9.18 Å². The second-order valence-electron chi connectivity index (χ2n) is 5.90. The van der Waals surface area contributed by atoms with E-state index >= 15 is 0 Å². The van der Waals surface area contributed by atoms with Crippen LogP contribution < -0.4 is 5.32 Å². The Morgan fingerprint density at radius 3 is 2.64 bits per heavy atom. The number of aliphatic hydroxyl groups excluding tert-OH is 2. The quantitative estimate of drug-likeness (QED) is 0.774. The number of ether oxygens (including phenoxy) is 1. The standard InChI is InChI=1S/C15H21ClFNO4/c1-15(2,3)22-14(21)18-7-6-12(19)13(20)10-8-9(16)4-5-11(10)17/h4-5,8,12-13,19-20H,6-7H2,1-3H3,(H,18,21). The molecule has 124 valence electrons. The van der Waals surface area contributed by atoms with Crippen molar-refractivity contribution in [2.24, 2.45) is 0 Å². The molecule has 0 aliphatic heterocycles. The number of nitrogens with one attached hydrogen (secondary N) is 1. The second-order valence-corrected chi connectivity index (χ2v) is 6.33. The maximum Gasteiger partial charge on any atom is 0.407 e. The average molecular weight is 334 g/mol. The van der Waals surface area contributed by atoms with Gasteiger partial charge in [-0.3, -0.25) is 0 Å². The van der Waals surface area contributed by atoms with Gasteiger partial charge in [0.05, 0.1) is 6.10 Å². The smallest absolute Gasteiger partial charge is 0.407 e. The molecule has 7 heteroatoms. The number of benzene rings is 1. The van der Waals surface area contributed by atoms with Crippen molar-refractivity contribution in [1.82, 2.24) is 5.32 Å². The Morgan fingerprint density at radius 2 is 2.05 bits per heavy atom. The molecule has 0 saturated carbocycles. The minimum atomic E-state index is -1.43. The highest BCUT2D eigenvalue weighted by Gasteiger charge is 2.22. The minimum Gasteiger partial charge on any atom is -0.444 e. The Morgan fingerprint density at radius 1 is 1.41 bits per heavy atom. The third-order valence-electron chi connectivity index (χ3n) is 2.75. The van der Waals surface area contributed by atoms with E-state index in [0.717, 1.165) is 6.07 Å². The topological polar surface area (TPSA) is 78.8 Å². The van der Waals surface area contributed by atoms with E-state index < -0.39 is 29.7 Å². The van der Waals surface area contributed by atoms with E-state index in [4.69, 9.17) is 16.3 Å². The molecule has 3 N–H and O–H groups in total. The van der Waals surface area contributed by atoms with Crippen LogP contribution in [0.2, 0.25) is 5.02 Å². The summed E-state index contributed by atoms with van der Waals surface area (Å²) in [6.07, 6.45) is -3.27. The summed E-state index contributed by atoms with van der Waals surface area (Å²) in [6.45, 7) is 5.27. The molecule has 2 atom stereocenters. The number of aliphatic hydroxyl groups is 2. The Balaban J connectivity index is 2.50. The minimum absolute atomic E-state index is 0.0341. The highest BCUT2D eigenvalue weighted by Crippen LogP contribution is 2.24. The lowest BCUT2D eigenvalue weighted by Crippen LogP contribution is -2.34. The zero-order chi connectivity index (χ0) is 16.9. The van der Waals surface area contributed by atoms with Crippen molar-refractivity contribution < 1.29 is 24.1 Å². The molecule has 1 rings (SSSR count). The lowest BCUT2D eigenvalue weighted by Gasteiger charge is -2.21. The van der Waals surface area contributed by atoms with Crippen LogP contribution in [0.3, 0.4) is 0 Å². The number of carbonyl (C=O) groups is 1. The maximum absolute atomic E-state index is 13.6. The van der Waals surface area contributed by atoms with Gasteiger partial charge >= 0.3 is 6.09 Å². The molecule has 1 aromatic rings.